The molecule has 7 heavy (non-hydrogen) atoms. The second-order valence-corrected chi connectivity index (χ2v) is 3.33. The van der Waals surface area contributed by atoms with E-state index in [2.05, 4.69) is 0 Å². The fraction of sp³-hybridized carbons (Fsp3) is 0. The molecule has 0 amide bonds. The van der Waals surface area contributed by atoms with E-state index in [1.165, 1.54) is 0 Å². The van der Waals surface area contributed by atoms with E-state index in [-0.39, 0.29) is 30.9 Å². The van der Waals surface area contributed by atoms with Crippen molar-refractivity contribution in [2.45, 2.75) is 0 Å². The van der Waals surface area contributed by atoms with Gasteiger partial charge in [0.2, 0.25) is 0 Å². The molecule has 7 heteroatoms. The topological polar surface area (TPSA) is 102 Å². The van der Waals surface area contributed by atoms with Gasteiger partial charge in [-0.15, -0.1) is 0 Å². The molecule has 0 aliphatic rings. The van der Waals surface area contributed by atoms with Crippen LogP contribution in [0.3, 0.4) is 0 Å². The van der Waals surface area contributed by atoms with E-state index >= 15 is 0 Å². The maximum Gasteiger partial charge on any atom is -0.693 e. The van der Waals surface area contributed by atoms with Gasteiger partial charge >= 0.3 is 35.3 Å². The molecule has 54 valence electrons. The van der Waals surface area contributed by atoms with Gasteiger partial charge in [0.25, 0.3) is 0 Å². The molecule has 7 N–H and O–H groups in total. The second-order valence-electron chi connectivity index (χ2n) is 0.0452. The van der Waals surface area contributed by atoms with Gasteiger partial charge in [0.05, 0.1) is 0 Å². The fourth-order valence-corrected chi connectivity index (χ4v) is 0. The van der Waals surface area contributed by atoms with Crippen LogP contribution in [-0.4, -0.2) is 0 Å². The monoisotopic (exact) mass is 349 g/mol. The van der Waals surface area contributed by atoms with Gasteiger partial charge in [-0.3, -0.25) is 0 Å². The SMILES string of the molecule is N.[Cl-].[Cl][Pt+2][Cl].[NH2-].[NH2-]. The summed E-state index contributed by atoms with van der Waals surface area (Å²) in [6.45, 7) is 0. The molecule has 0 aliphatic carbocycles. The molecular weight excluding hydrogens is 343 g/mol. The minimum Gasteiger partial charge on any atom is -0.693 e. The molecule has 0 aromatic rings. The third-order valence-electron chi connectivity index (χ3n) is 0. The van der Waals surface area contributed by atoms with E-state index in [1.807, 2.05) is 0 Å². The summed E-state index contributed by atoms with van der Waals surface area (Å²) in [5.74, 6) is 0. The minimum absolute atomic E-state index is 0. The van der Waals surface area contributed by atoms with E-state index in [9.17, 15) is 0 Å². The summed E-state index contributed by atoms with van der Waals surface area (Å²) < 4.78 is 0. The summed E-state index contributed by atoms with van der Waals surface area (Å²) in [4.78, 5) is 0. The van der Waals surface area contributed by atoms with Crippen LogP contribution in [0.1, 0.15) is 0 Å². The van der Waals surface area contributed by atoms with Crippen LogP contribution in [0.4, 0.5) is 0 Å². The zero-order valence-corrected chi connectivity index (χ0v) is 7.85. The maximum atomic E-state index is 4.88. The van der Waals surface area contributed by atoms with Crippen LogP contribution in [0.2, 0.25) is 0 Å². The molecule has 0 radical (unpaired) electrons. The smallest absolute Gasteiger partial charge is 0.693 e. The molecule has 0 aromatic carbocycles. The molecule has 0 spiro atoms. The molecule has 0 fully saturated rings. The Morgan fingerprint density at radius 2 is 1.00 bits per heavy atom. The van der Waals surface area contributed by atoms with Gasteiger partial charge in [-0.05, 0) is 0 Å². The summed E-state index contributed by atoms with van der Waals surface area (Å²) in [5.41, 5.74) is 0. The van der Waals surface area contributed by atoms with Gasteiger partial charge in [-0.2, -0.15) is 0 Å². The standard InChI is InChI=1S/3ClH.H3N.2H2N.Pt/h3*1H;1H3;2*1H2;/q;;;;2*-1;+4/p-3. The summed E-state index contributed by atoms with van der Waals surface area (Å²) in [6.07, 6.45) is 0. The number of halogens is 3. The molecule has 0 unspecified atom stereocenters. The Morgan fingerprint density at radius 3 is 1.00 bits per heavy atom. The van der Waals surface area contributed by atoms with Crippen LogP contribution < -0.4 is 18.6 Å². The molecular formula is H7Cl3N3Pt-. The van der Waals surface area contributed by atoms with Crippen molar-refractivity contribution in [3.05, 3.63) is 12.3 Å². The van der Waals surface area contributed by atoms with Gasteiger partial charge in [-0.1, -0.05) is 0 Å². The van der Waals surface area contributed by atoms with Crippen molar-refractivity contribution in [3.63, 3.8) is 0 Å². The summed E-state index contributed by atoms with van der Waals surface area (Å²) in [5, 5.41) is 0. The van der Waals surface area contributed by atoms with Crippen molar-refractivity contribution < 1.29 is 28.9 Å². The Balaban J connectivity index is -0.00000000333. The van der Waals surface area contributed by atoms with Crippen molar-refractivity contribution in [1.29, 1.82) is 0 Å². The summed E-state index contributed by atoms with van der Waals surface area (Å²) >= 11 is -0.472. The Morgan fingerprint density at radius 1 is 1.00 bits per heavy atom. The predicted molar refractivity (Wildman–Crippen MR) is 27.3 cm³/mol. The summed E-state index contributed by atoms with van der Waals surface area (Å²) in [7, 11) is 9.75. The Labute approximate surface area is 66.1 Å². The Hall–Kier alpha value is 1.44. The predicted octanol–water partition coefficient (Wildman–Crippen LogP) is -0.0233. The normalized spacial score (nSPS) is 3.14. The van der Waals surface area contributed by atoms with Crippen LogP contribution >= 0.6 is 18.8 Å². The minimum atomic E-state index is -0.472. The fourth-order valence-electron chi connectivity index (χ4n) is 0. The van der Waals surface area contributed by atoms with Crippen LogP contribution in [0.15, 0.2) is 0 Å². The summed E-state index contributed by atoms with van der Waals surface area (Å²) in [6, 6.07) is 0. The zero-order valence-electron chi connectivity index (χ0n) is 3.31. The van der Waals surface area contributed by atoms with E-state index in [0.717, 1.165) is 0 Å². The van der Waals surface area contributed by atoms with E-state index in [1.54, 1.807) is 0 Å². The Bertz CT molecular complexity index is 10.1. The molecule has 0 saturated carbocycles. The second kappa shape index (κ2) is 51.9. The van der Waals surface area contributed by atoms with Gasteiger partial charge in [0.15, 0.2) is 0 Å². The average molecular weight is 351 g/mol. The first-order valence-electron chi connectivity index (χ1n) is 0.239. The van der Waals surface area contributed by atoms with Crippen molar-refractivity contribution in [3.8, 4) is 0 Å². The number of hydrogen-bond donors (Lipinski definition) is 1. The van der Waals surface area contributed by atoms with Gasteiger partial charge < -0.3 is 30.9 Å². The average Bonchev–Trinajstić information content (AvgIpc) is 0.918. The van der Waals surface area contributed by atoms with Crippen molar-refractivity contribution in [1.82, 2.24) is 6.15 Å². The van der Waals surface area contributed by atoms with Gasteiger partial charge in [0.1, 0.15) is 0 Å². The number of rotatable bonds is 0. The first-order valence-corrected chi connectivity index (χ1v) is 5.87. The molecule has 3 nitrogen and oxygen atoms in total. The maximum absolute atomic E-state index is 4.88. The first-order chi connectivity index (χ1) is 1.41. The van der Waals surface area contributed by atoms with E-state index in [0.29, 0.717) is 0 Å². The largest absolute Gasteiger partial charge is 0.693 e. The van der Waals surface area contributed by atoms with E-state index < -0.39 is 16.5 Å². The van der Waals surface area contributed by atoms with Crippen LogP contribution in [-0.2, 0) is 16.5 Å². The quantitative estimate of drug-likeness (QED) is 0.652. The number of hydrogen-bond acceptors (Lipinski definition) is 1. The molecule has 0 rings (SSSR count). The van der Waals surface area contributed by atoms with Crippen molar-refractivity contribution >= 4 is 18.8 Å². The first kappa shape index (κ1) is 39.5. The van der Waals surface area contributed by atoms with Crippen molar-refractivity contribution in [2.75, 3.05) is 0 Å². The molecule has 0 saturated heterocycles. The van der Waals surface area contributed by atoms with Gasteiger partial charge in [-0.25, -0.2) is 0 Å². The Kier molecular flexibility index (Phi) is 293. The number of nitrogens with two attached hydrogens (primary N) is 2. The zero-order chi connectivity index (χ0) is 2.71. The molecule has 0 atom stereocenters. The van der Waals surface area contributed by atoms with Crippen molar-refractivity contribution in [2.24, 2.45) is 0 Å². The molecule has 0 heterocycles. The van der Waals surface area contributed by atoms with Crippen LogP contribution in [0.5, 0.6) is 0 Å². The molecule has 0 aromatic heterocycles. The third-order valence-corrected chi connectivity index (χ3v) is 0. The molecule has 0 bridgehead atoms. The van der Waals surface area contributed by atoms with Crippen LogP contribution in [0.25, 0.3) is 12.3 Å². The van der Waals surface area contributed by atoms with E-state index in [4.69, 9.17) is 18.8 Å². The molecule has 0 aliphatic heterocycles. The van der Waals surface area contributed by atoms with Gasteiger partial charge in [0, 0.05) is 0 Å². The third kappa shape index (κ3) is 106. The van der Waals surface area contributed by atoms with Crippen LogP contribution in [0, 0.1) is 0 Å².